The topological polar surface area (TPSA) is 61.2 Å². The molecule has 0 spiro atoms. The highest BCUT2D eigenvalue weighted by atomic mass is 32.2. The molecule has 1 atom stereocenters. The second-order valence-corrected chi connectivity index (χ2v) is 5.96. The smallest absolute Gasteiger partial charge is 0.207 e. The first-order chi connectivity index (χ1) is 8.16. The third-order valence-electron chi connectivity index (χ3n) is 2.95. The van der Waals surface area contributed by atoms with E-state index in [1.165, 1.54) is 4.31 Å². The van der Waals surface area contributed by atoms with E-state index in [4.69, 9.17) is 5.26 Å². The van der Waals surface area contributed by atoms with Crippen molar-refractivity contribution in [3.63, 3.8) is 0 Å². The summed E-state index contributed by atoms with van der Waals surface area (Å²) in [6, 6.07) is 9.85. The Bertz CT molecular complexity index is 519. The van der Waals surface area contributed by atoms with Gasteiger partial charge in [0.15, 0.2) is 0 Å². The van der Waals surface area contributed by atoms with Gasteiger partial charge in [0.2, 0.25) is 10.0 Å². The van der Waals surface area contributed by atoms with E-state index in [-0.39, 0.29) is 4.90 Å². The molecule has 1 aromatic carbocycles. The van der Waals surface area contributed by atoms with Crippen LogP contribution in [0.1, 0.15) is 19.3 Å². The molecule has 1 heterocycles. The first-order valence-electron chi connectivity index (χ1n) is 5.63. The standard InChI is InChI=1S/C12H14N2O2S/c13-10-11-6-4-5-9-14(11)17(15,16)12-7-2-1-3-8-12/h1-3,7-8,11H,4-6,9H2. The Morgan fingerprint density at radius 2 is 1.94 bits per heavy atom. The van der Waals surface area contributed by atoms with Crippen LogP contribution < -0.4 is 0 Å². The SMILES string of the molecule is N#CC1CCCCN1S(=O)(=O)c1ccccc1. The summed E-state index contributed by atoms with van der Waals surface area (Å²) in [5.74, 6) is 0. The molecule has 0 saturated carbocycles. The summed E-state index contributed by atoms with van der Waals surface area (Å²) in [5, 5.41) is 9.02. The predicted octanol–water partition coefficient (Wildman–Crippen LogP) is 1.75. The molecule has 0 aliphatic carbocycles. The molecule has 1 aromatic rings. The molecule has 90 valence electrons. The molecule has 1 fully saturated rings. The minimum atomic E-state index is -3.51. The van der Waals surface area contributed by atoms with Crippen molar-refractivity contribution in [2.45, 2.75) is 30.2 Å². The molecular weight excluding hydrogens is 236 g/mol. The van der Waals surface area contributed by atoms with Crippen molar-refractivity contribution in [1.82, 2.24) is 4.31 Å². The van der Waals surface area contributed by atoms with E-state index in [1.54, 1.807) is 30.3 Å². The highest BCUT2D eigenvalue weighted by molar-refractivity contribution is 7.89. The van der Waals surface area contributed by atoms with Crippen LogP contribution in [0.4, 0.5) is 0 Å². The van der Waals surface area contributed by atoms with Gasteiger partial charge in [-0.1, -0.05) is 18.2 Å². The van der Waals surface area contributed by atoms with Gasteiger partial charge >= 0.3 is 0 Å². The molecular formula is C12H14N2O2S. The van der Waals surface area contributed by atoms with Crippen molar-refractivity contribution in [3.05, 3.63) is 30.3 Å². The summed E-state index contributed by atoms with van der Waals surface area (Å²) in [6.45, 7) is 0.440. The number of hydrogen-bond donors (Lipinski definition) is 0. The fourth-order valence-electron chi connectivity index (χ4n) is 2.05. The monoisotopic (exact) mass is 250 g/mol. The minimum Gasteiger partial charge on any atom is -0.207 e. The third-order valence-corrected chi connectivity index (χ3v) is 4.87. The van der Waals surface area contributed by atoms with E-state index >= 15 is 0 Å². The second kappa shape index (κ2) is 4.86. The zero-order valence-corrected chi connectivity index (χ0v) is 10.2. The van der Waals surface area contributed by atoms with Gasteiger partial charge in [0.25, 0.3) is 0 Å². The number of benzene rings is 1. The molecule has 1 saturated heterocycles. The van der Waals surface area contributed by atoms with Crippen LogP contribution in [0.5, 0.6) is 0 Å². The highest BCUT2D eigenvalue weighted by Gasteiger charge is 2.33. The van der Waals surface area contributed by atoms with Gasteiger partial charge in [-0.2, -0.15) is 9.57 Å². The Morgan fingerprint density at radius 3 is 2.59 bits per heavy atom. The number of sulfonamides is 1. The summed E-state index contributed by atoms with van der Waals surface area (Å²) >= 11 is 0. The van der Waals surface area contributed by atoms with Gasteiger partial charge in [0.1, 0.15) is 6.04 Å². The van der Waals surface area contributed by atoms with E-state index in [0.29, 0.717) is 13.0 Å². The van der Waals surface area contributed by atoms with Crippen LogP contribution >= 0.6 is 0 Å². The van der Waals surface area contributed by atoms with E-state index in [9.17, 15) is 8.42 Å². The average molecular weight is 250 g/mol. The summed E-state index contributed by atoms with van der Waals surface area (Å²) in [7, 11) is -3.51. The van der Waals surface area contributed by atoms with Crippen LogP contribution in [0.25, 0.3) is 0 Å². The molecule has 5 heteroatoms. The first-order valence-corrected chi connectivity index (χ1v) is 7.07. The van der Waals surface area contributed by atoms with Crippen molar-refractivity contribution in [3.8, 4) is 6.07 Å². The zero-order valence-electron chi connectivity index (χ0n) is 9.41. The molecule has 1 aliphatic heterocycles. The number of nitriles is 1. The number of piperidine rings is 1. The average Bonchev–Trinajstić information content (AvgIpc) is 2.39. The highest BCUT2D eigenvalue weighted by Crippen LogP contribution is 2.24. The summed E-state index contributed by atoms with van der Waals surface area (Å²) in [4.78, 5) is 0.266. The van der Waals surface area contributed by atoms with Gasteiger partial charge < -0.3 is 0 Å². The van der Waals surface area contributed by atoms with Crippen molar-refractivity contribution < 1.29 is 8.42 Å². The molecule has 4 nitrogen and oxygen atoms in total. The minimum absolute atomic E-state index is 0.266. The van der Waals surface area contributed by atoms with Crippen LogP contribution in [0, 0.1) is 11.3 Å². The molecule has 1 unspecified atom stereocenters. The molecule has 0 bridgehead atoms. The maximum absolute atomic E-state index is 12.3. The maximum Gasteiger partial charge on any atom is 0.244 e. The van der Waals surface area contributed by atoms with Crippen molar-refractivity contribution in [1.29, 1.82) is 5.26 Å². The van der Waals surface area contributed by atoms with Crippen LogP contribution in [0.2, 0.25) is 0 Å². The number of rotatable bonds is 2. The number of hydrogen-bond acceptors (Lipinski definition) is 3. The van der Waals surface area contributed by atoms with Gasteiger partial charge in [0.05, 0.1) is 11.0 Å². The summed E-state index contributed by atoms with van der Waals surface area (Å²) in [5.41, 5.74) is 0. The quantitative estimate of drug-likeness (QED) is 0.803. The van der Waals surface area contributed by atoms with Gasteiger partial charge in [-0.05, 0) is 31.4 Å². The predicted molar refractivity (Wildman–Crippen MR) is 63.6 cm³/mol. The normalized spacial score (nSPS) is 21.9. The molecule has 1 aliphatic rings. The Morgan fingerprint density at radius 1 is 1.24 bits per heavy atom. The summed E-state index contributed by atoms with van der Waals surface area (Å²) < 4.78 is 26.0. The Balaban J connectivity index is 2.35. The molecule has 0 radical (unpaired) electrons. The fourth-order valence-corrected chi connectivity index (χ4v) is 3.68. The van der Waals surface area contributed by atoms with Crippen LogP contribution in [0.3, 0.4) is 0 Å². The van der Waals surface area contributed by atoms with Crippen LogP contribution in [-0.2, 0) is 10.0 Å². The van der Waals surface area contributed by atoms with Crippen molar-refractivity contribution in [2.24, 2.45) is 0 Å². The molecule has 2 rings (SSSR count). The molecule has 17 heavy (non-hydrogen) atoms. The summed E-state index contributed by atoms with van der Waals surface area (Å²) in [6.07, 6.45) is 2.37. The van der Waals surface area contributed by atoms with Gasteiger partial charge in [-0.15, -0.1) is 0 Å². The molecule has 0 N–H and O–H groups in total. The maximum atomic E-state index is 12.3. The molecule has 0 aromatic heterocycles. The zero-order chi connectivity index (χ0) is 12.3. The Kier molecular flexibility index (Phi) is 3.46. The van der Waals surface area contributed by atoms with Gasteiger partial charge in [-0.3, -0.25) is 0 Å². The lowest BCUT2D eigenvalue weighted by molar-refractivity contribution is 0.297. The lowest BCUT2D eigenvalue weighted by Crippen LogP contribution is -2.42. The van der Waals surface area contributed by atoms with Crippen LogP contribution in [0.15, 0.2) is 35.2 Å². The van der Waals surface area contributed by atoms with E-state index in [2.05, 4.69) is 6.07 Å². The van der Waals surface area contributed by atoms with Gasteiger partial charge in [0, 0.05) is 6.54 Å². The molecule has 0 amide bonds. The van der Waals surface area contributed by atoms with E-state index in [1.807, 2.05) is 0 Å². The van der Waals surface area contributed by atoms with Crippen LogP contribution in [-0.4, -0.2) is 25.3 Å². The Labute approximate surface area is 102 Å². The van der Waals surface area contributed by atoms with Crippen molar-refractivity contribution >= 4 is 10.0 Å². The third kappa shape index (κ3) is 2.33. The first kappa shape index (κ1) is 12.1. The lowest BCUT2D eigenvalue weighted by atomic mass is 10.1. The Hall–Kier alpha value is -1.38. The van der Waals surface area contributed by atoms with E-state index < -0.39 is 16.1 Å². The fraction of sp³-hybridized carbons (Fsp3) is 0.417. The number of nitrogens with zero attached hydrogens (tertiary/aromatic N) is 2. The largest absolute Gasteiger partial charge is 0.244 e. The second-order valence-electron chi connectivity index (χ2n) is 4.07. The van der Waals surface area contributed by atoms with Crippen molar-refractivity contribution in [2.75, 3.05) is 6.54 Å². The van der Waals surface area contributed by atoms with E-state index in [0.717, 1.165) is 12.8 Å². The lowest BCUT2D eigenvalue weighted by Gasteiger charge is -2.30. The van der Waals surface area contributed by atoms with Gasteiger partial charge in [-0.25, -0.2) is 8.42 Å².